The van der Waals surface area contributed by atoms with Gasteiger partial charge in [0.2, 0.25) is 5.88 Å². The molecule has 1 fully saturated rings. The number of nitrogens with two attached hydrogens (primary N) is 1. The van der Waals surface area contributed by atoms with Crippen molar-refractivity contribution in [2.75, 3.05) is 44.2 Å². The van der Waals surface area contributed by atoms with Crippen molar-refractivity contribution in [2.24, 2.45) is 5.73 Å². The summed E-state index contributed by atoms with van der Waals surface area (Å²) in [6.07, 6.45) is -2.80. The number of carbonyl (C=O) groups is 2. The lowest BCUT2D eigenvalue weighted by molar-refractivity contribution is -0.138. The van der Waals surface area contributed by atoms with Crippen LogP contribution in [0, 0.1) is 5.82 Å². The zero-order valence-corrected chi connectivity index (χ0v) is 24.4. The third kappa shape index (κ3) is 6.86. The summed E-state index contributed by atoms with van der Waals surface area (Å²) in [6, 6.07) is 9.06. The van der Waals surface area contributed by atoms with Gasteiger partial charge in [-0.15, -0.1) is 0 Å². The lowest BCUT2D eigenvalue weighted by Crippen LogP contribution is -2.55. The van der Waals surface area contributed by atoms with Gasteiger partial charge in [0.15, 0.2) is 0 Å². The number of piperazine rings is 1. The summed E-state index contributed by atoms with van der Waals surface area (Å²) in [5, 5.41) is 2.50. The molecule has 43 heavy (non-hydrogen) atoms. The molecule has 1 aromatic heterocycles. The van der Waals surface area contributed by atoms with Crippen molar-refractivity contribution < 1.29 is 31.9 Å². The minimum atomic E-state index is -4.77. The number of carbonyl (C=O) groups excluding carboxylic acids is 2. The predicted molar refractivity (Wildman–Crippen MR) is 156 cm³/mol. The van der Waals surface area contributed by atoms with Crippen LogP contribution in [0.4, 0.5) is 23.2 Å². The molecular formula is C30H32ClF4N5O3. The number of rotatable bonds is 9. The van der Waals surface area contributed by atoms with Gasteiger partial charge in [-0.25, -0.2) is 9.37 Å². The van der Waals surface area contributed by atoms with Gasteiger partial charge >= 0.3 is 6.18 Å². The van der Waals surface area contributed by atoms with Crippen LogP contribution in [-0.2, 0) is 6.18 Å². The molecule has 3 N–H and O–H groups in total. The van der Waals surface area contributed by atoms with E-state index in [1.807, 2.05) is 11.8 Å². The number of nitrogens with zero attached hydrogens (tertiary/aromatic N) is 3. The lowest BCUT2D eigenvalue weighted by atomic mass is 9.98. The third-order valence-electron chi connectivity index (χ3n) is 7.19. The molecule has 13 heteroatoms. The molecule has 2 heterocycles. The molecule has 0 bridgehead atoms. The van der Waals surface area contributed by atoms with Gasteiger partial charge in [-0.2, -0.15) is 13.2 Å². The Morgan fingerprint density at radius 2 is 1.91 bits per heavy atom. The van der Waals surface area contributed by atoms with E-state index in [0.717, 1.165) is 12.1 Å². The van der Waals surface area contributed by atoms with Crippen molar-refractivity contribution in [3.05, 3.63) is 76.2 Å². The van der Waals surface area contributed by atoms with Gasteiger partial charge in [0.25, 0.3) is 11.8 Å². The molecular weight excluding hydrogens is 590 g/mol. The molecule has 1 aliphatic rings. The van der Waals surface area contributed by atoms with Gasteiger partial charge in [-0.05, 0) is 55.8 Å². The number of anilines is 1. The number of aromatic nitrogens is 1. The Kier molecular flexibility index (Phi) is 10.1. The number of ether oxygens (including phenoxy) is 1. The molecule has 0 unspecified atom stereocenters. The molecule has 0 saturated carbocycles. The van der Waals surface area contributed by atoms with Crippen molar-refractivity contribution in [1.29, 1.82) is 0 Å². The topological polar surface area (TPSA) is 101 Å². The number of alkyl halides is 3. The molecule has 2 amide bonds. The fraction of sp³-hybridized carbons (Fsp3) is 0.367. The average molecular weight is 622 g/mol. The molecule has 4 rings (SSSR count). The summed E-state index contributed by atoms with van der Waals surface area (Å²) in [5.41, 5.74) is 4.51. The fourth-order valence-corrected chi connectivity index (χ4v) is 5.34. The van der Waals surface area contributed by atoms with Gasteiger partial charge < -0.3 is 25.6 Å². The van der Waals surface area contributed by atoms with E-state index >= 15 is 4.39 Å². The van der Waals surface area contributed by atoms with Crippen LogP contribution in [0.5, 0.6) is 5.88 Å². The first kappa shape index (κ1) is 32.0. The lowest BCUT2D eigenvalue weighted by Gasteiger charge is -2.43. The van der Waals surface area contributed by atoms with Crippen molar-refractivity contribution in [1.82, 2.24) is 15.2 Å². The van der Waals surface area contributed by atoms with E-state index in [2.05, 4.69) is 10.3 Å². The van der Waals surface area contributed by atoms with Crippen LogP contribution >= 0.6 is 11.6 Å². The molecule has 3 aromatic rings. The predicted octanol–water partition coefficient (Wildman–Crippen LogP) is 5.39. The zero-order valence-electron chi connectivity index (χ0n) is 23.7. The maximum atomic E-state index is 16.3. The number of benzene rings is 2. The zero-order chi connectivity index (χ0) is 31.3. The molecule has 8 nitrogen and oxygen atoms in total. The highest BCUT2D eigenvalue weighted by Gasteiger charge is 2.39. The first-order valence-electron chi connectivity index (χ1n) is 13.8. The Hall–Kier alpha value is -3.90. The fourth-order valence-electron chi connectivity index (χ4n) is 5.17. The smallest absolute Gasteiger partial charge is 0.417 e. The Labute approximate surface area is 251 Å². The summed E-state index contributed by atoms with van der Waals surface area (Å²) in [7, 11) is 0. The average Bonchev–Trinajstić information content (AvgIpc) is 2.99. The van der Waals surface area contributed by atoms with Gasteiger partial charge in [-0.1, -0.05) is 18.5 Å². The number of pyridine rings is 1. The summed E-state index contributed by atoms with van der Waals surface area (Å²) in [4.78, 5) is 34.0. The van der Waals surface area contributed by atoms with E-state index in [1.165, 1.54) is 23.2 Å². The van der Waals surface area contributed by atoms with Gasteiger partial charge in [-0.3, -0.25) is 9.59 Å². The van der Waals surface area contributed by atoms with E-state index < -0.39 is 41.0 Å². The molecule has 1 atom stereocenters. The second-order valence-corrected chi connectivity index (χ2v) is 10.3. The van der Waals surface area contributed by atoms with Crippen LogP contribution in [0.1, 0.15) is 46.5 Å². The SMILES string of the molecule is CCOc1ncccc1-c1ccc(N2CCN(C(=O)c3ccc(Cl)cc3C(F)(F)F)C[C@H]2CC)c(C(=O)NCCN)c1F. The number of halogens is 5. The van der Waals surface area contributed by atoms with E-state index in [-0.39, 0.29) is 54.8 Å². The summed E-state index contributed by atoms with van der Waals surface area (Å²) in [5.74, 6) is -2.04. The maximum Gasteiger partial charge on any atom is 0.417 e. The first-order chi connectivity index (χ1) is 20.5. The molecule has 1 aliphatic heterocycles. The molecule has 1 saturated heterocycles. The van der Waals surface area contributed by atoms with Gasteiger partial charge in [0.05, 0.1) is 29.0 Å². The van der Waals surface area contributed by atoms with Crippen LogP contribution in [0.25, 0.3) is 11.1 Å². The summed E-state index contributed by atoms with van der Waals surface area (Å²) in [6.45, 7) is 4.41. The van der Waals surface area contributed by atoms with Crippen LogP contribution in [0.15, 0.2) is 48.7 Å². The van der Waals surface area contributed by atoms with Gasteiger partial charge in [0, 0.05) is 61.1 Å². The number of hydrogen-bond acceptors (Lipinski definition) is 6. The molecule has 0 radical (unpaired) electrons. The minimum Gasteiger partial charge on any atom is -0.478 e. The highest BCUT2D eigenvalue weighted by Crippen LogP contribution is 2.38. The Morgan fingerprint density at radius 1 is 1.14 bits per heavy atom. The molecule has 2 aromatic carbocycles. The third-order valence-corrected chi connectivity index (χ3v) is 7.42. The maximum absolute atomic E-state index is 16.3. The number of nitrogens with one attached hydrogen (secondary N) is 1. The second-order valence-electron chi connectivity index (χ2n) is 9.85. The highest BCUT2D eigenvalue weighted by molar-refractivity contribution is 6.30. The van der Waals surface area contributed by atoms with E-state index in [4.69, 9.17) is 22.1 Å². The van der Waals surface area contributed by atoms with Crippen molar-refractivity contribution in [3.63, 3.8) is 0 Å². The van der Waals surface area contributed by atoms with Crippen molar-refractivity contribution >= 4 is 29.1 Å². The summed E-state index contributed by atoms with van der Waals surface area (Å²) >= 11 is 5.79. The van der Waals surface area contributed by atoms with E-state index in [9.17, 15) is 22.8 Å². The first-order valence-corrected chi connectivity index (χ1v) is 14.2. The van der Waals surface area contributed by atoms with Crippen LogP contribution < -0.4 is 20.7 Å². The Balaban J connectivity index is 1.71. The van der Waals surface area contributed by atoms with Crippen molar-refractivity contribution in [2.45, 2.75) is 32.5 Å². The Bertz CT molecular complexity index is 1490. The molecule has 0 aliphatic carbocycles. The highest BCUT2D eigenvalue weighted by atomic mass is 35.5. The molecule has 0 spiro atoms. The van der Waals surface area contributed by atoms with Gasteiger partial charge in [0.1, 0.15) is 5.82 Å². The van der Waals surface area contributed by atoms with Crippen LogP contribution in [-0.4, -0.2) is 67.1 Å². The van der Waals surface area contributed by atoms with E-state index in [0.29, 0.717) is 24.3 Å². The standard InChI is InChI=1S/C30H32ClF4N5O3/c1-3-19-17-39(29(42)22-8-7-18(31)16-23(22)30(33,34)35)14-15-40(19)24-10-9-20(21-6-5-12-38-28(21)43-4-2)26(32)25(24)27(41)37-13-11-36/h5-10,12,16,19H,3-4,11,13-15,17,36H2,1-2H3,(H,37,41)/t19-/m1/s1. The quantitative estimate of drug-likeness (QED) is 0.311. The van der Waals surface area contributed by atoms with Crippen LogP contribution in [0.2, 0.25) is 5.02 Å². The number of hydrogen-bond donors (Lipinski definition) is 2. The molecule has 230 valence electrons. The van der Waals surface area contributed by atoms with Crippen LogP contribution in [0.3, 0.4) is 0 Å². The largest absolute Gasteiger partial charge is 0.478 e. The second kappa shape index (κ2) is 13.6. The monoisotopic (exact) mass is 621 g/mol. The minimum absolute atomic E-state index is 0.0412. The summed E-state index contributed by atoms with van der Waals surface area (Å²) < 4.78 is 63.1. The Morgan fingerprint density at radius 3 is 2.58 bits per heavy atom. The number of amides is 2. The normalized spacial score (nSPS) is 15.4. The van der Waals surface area contributed by atoms with Crippen molar-refractivity contribution in [3.8, 4) is 17.0 Å². The van der Waals surface area contributed by atoms with E-state index in [1.54, 1.807) is 25.1 Å².